The summed E-state index contributed by atoms with van der Waals surface area (Å²) >= 11 is 1.19. The lowest BCUT2D eigenvalue weighted by molar-refractivity contribution is -0.154. The lowest BCUT2D eigenvalue weighted by Crippen LogP contribution is -2.20. The van der Waals surface area contributed by atoms with E-state index in [0.29, 0.717) is 5.16 Å². The van der Waals surface area contributed by atoms with Crippen molar-refractivity contribution >= 4 is 11.8 Å². The molecular formula is C13H8F4N4OS. The van der Waals surface area contributed by atoms with E-state index in [1.54, 1.807) is 6.26 Å². The van der Waals surface area contributed by atoms with Gasteiger partial charge in [-0.25, -0.2) is 19.3 Å². The monoisotopic (exact) mass is 344 g/mol. The molecule has 0 saturated heterocycles. The van der Waals surface area contributed by atoms with Crippen LogP contribution < -0.4 is 4.74 Å². The summed E-state index contributed by atoms with van der Waals surface area (Å²) in [6.07, 6.45) is -1.77. The Balaban J connectivity index is 2.32. The van der Waals surface area contributed by atoms with Crippen molar-refractivity contribution in [2.24, 2.45) is 0 Å². The molecule has 120 valence electrons. The average Bonchev–Trinajstić information content (AvgIpc) is 2.52. The van der Waals surface area contributed by atoms with Crippen molar-refractivity contribution < 1.29 is 22.3 Å². The third kappa shape index (κ3) is 4.53. The number of hydrogen-bond donors (Lipinski definition) is 0. The summed E-state index contributed by atoms with van der Waals surface area (Å²) in [5, 5.41) is 9.21. The van der Waals surface area contributed by atoms with Crippen molar-refractivity contribution in [3.05, 3.63) is 29.8 Å². The minimum absolute atomic E-state index is 0.0807. The Morgan fingerprint density at radius 2 is 2.04 bits per heavy atom. The molecule has 0 amide bonds. The van der Waals surface area contributed by atoms with Gasteiger partial charge in [-0.2, -0.15) is 18.4 Å². The third-order valence-electron chi connectivity index (χ3n) is 2.48. The maximum absolute atomic E-state index is 13.8. The second-order valence-electron chi connectivity index (χ2n) is 4.15. The molecule has 0 unspecified atom stereocenters. The van der Waals surface area contributed by atoms with Crippen LogP contribution in [0.5, 0.6) is 5.88 Å². The molecule has 0 saturated carbocycles. The molecular weight excluding hydrogens is 336 g/mol. The van der Waals surface area contributed by atoms with Gasteiger partial charge in [-0.1, -0.05) is 11.8 Å². The van der Waals surface area contributed by atoms with Crippen LogP contribution in [0.25, 0.3) is 11.3 Å². The maximum Gasteiger partial charge on any atom is 0.422 e. The molecule has 5 nitrogen and oxygen atoms in total. The Morgan fingerprint density at radius 3 is 2.61 bits per heavy atom. The standard InChI is InChI=1S/C13H8F4N4OS/c1-23-12-20-8(4-18)3-10(21-12)7-2-9(14)11(19-5-7)22-6-13(15,16)17/h2-3,5H,6H2,1H3. The van der Waals surface area contributed by atoms with Crippen LogP contribution in [0.15, 0.2) is 23.5 Å². The first kappa shape index (κ1) is 17.0. The molecule has 0 N–H and O–H groups in total. The van der Waals surface area contributed by atoms with Gasteiger partial charge >= 0.3 is 6.18 Å². The van der Waals surface area contributed by atoms with Crippen LogP contribution in [0.3, 0.4) is 0 Å². The van der Waals surface area contributed by atoms with E-state index < -0.39 is 24.5 Å². The maximum atomic E-state index is 13.8. The Morgan fingerprint density at radius 1 is 1.30 bits per heavy atom. The molecule has 0 aromatic carbocycles. The minimum Gasteiger partial charge on any atom is -0.466 e. The topological polar surface area (TPSA) is 71.7 Å². The molecule has 0 fully saturated rings. The van der Waals surface area contributed by atoms with Crippen molar-refractivity contribution in [1.82, 2.24) is 15.0 Å². The van der Waals surface area contributed by atoms with Gasteiger partial charge in [0.2, 0.25) is 0 Å². The lowest BCUT2D eigenvalue weighted by atomic mass is 10.2. The fourth-order valence-corrected chi connectivity index (χ4v) is 1.92. The minimum atomic E-state index is -4.59. The zero-order valence-electron chi connectivity index (χ0n) is 11.6. The number of alkyl halides is 3. The van der Waals surface area contributed by atoms with Crippen LogP contribution in [0.1, 0.15) is 5.69 Å². The largest absolute Gasteiger partial charge is 0.466 e. The summed E-state index contributed by atoms with van der Waals surface area (Å²) in [5.74, 6) is -1.82. The quantitative estimate of drug-likeness (QED) is 0.482. The number of rotatable bonds is 4. The molecule has 2 rings (SSSR count). The van der Waals surface area contributed by atoms with Gasteiger partial charge in [0.05, 0.1) is 5.69 Å². The van der Waals surface area contributed by atoms with E-state index in [1.165, 1.54) is 17.8 Å². The highest BCUT2D eigenvalue weighted by Crippen LogP contribution is 2.25. The molecule has 0 spiro atoms. The molecule has 23 heavy (non-hydrogen) atoms. The summed E-state index contributed by atoms with van der Waals surface area (Å²) in [7, 11) is 0. The van der Waals surface area contributed by atoms with Crippen molar-refractivity contribution in [3.63, 3.8) is 0 Å². The van der Waals surface area contributed by atoms with Crippen LogP contribution >= 0.6 is 11.8 Å². The van der Waals surface area contributed by atoms with Gasteiger partial charge in [0.1, 0.15) is 11.8 Å². The zero-order valence-corrected chi connectivity index (χ0v) is 12.4. The van der Waals surface area contributed by atoms with E-state index in [4.69, 9.17) is 5.26 Å². The van der Waals surface area contributed by atoms with E-state index in [-0.39, 0.29) is 17.0 Å². The van der Waals surface area contributed by atoms with Gasteiger partial charge in [-0.05, 0) is 12.3 Å². The highest BCUT2D eigenvalue weighted by Gasteiger charge is 2.29. The first-order valence-electron chi connectivity index (χ1n) is 6.01. The zero-order chi connectivity index (χ0) is 17.0. The van der Waals surface area contributed by atoms with Crippen LogP contribution in [0.2, 0.25) is 0 Å². The van der Waals surface area contributed by atoms with Gasteiger partial charge in [0.15, 0.2) is 17.6 Å². The molecule has 2 aromatic rings. The van der Waals surface area contributed by atoms with Crippen molar-refractivity contribution in [3.8, 4) is 23.2 Å². The number of aromatic nitrogens is 3. The SMILES string of the molecule is CSc1nc(C#N)cc(-c2cnc(OCC(F)(F)F)c(F)c2)n1. The summed E-state index contributed by atoms with van der Waals surface area (Å²) in [6, 6.07) is 4.11. The molecule has 2 heterocycles. The van der Waals surface area contributed by atoms with Crippen molar-refractivity contribution in [2.45, 2.75) is 11.3 Å². The summed E-state index contributed by atoms with van der Waals surface area (Å²) in [4.78, 5) is 11.5. The Labute approximate surface area is 132 Å². The van der Waals surface area contributed by atoms with E-state index in [2.05, 4.69) is 19.7 Å². The average molecular weight is 344 g/mol. The van der Waals surface area contributed by atoms with Crippen LogP contribution in [-0.4, -0.2) is 34.0 Å². The fraction of sp³-hybridized carbons (Fsp3) is 0.231. The van der Waals surface area contributed by atoms with E-state index in [1.807, 2.05) is 6.07 Å². The van der Waals surface area contributed by atoms with Crippen molar-refractivity contribution in [2.75, 3.05) is 12.9 Å². The molecule has 0 aliphatic heterocycles. The first-order valence-corrected chi connectivity index (χ1v) is 7.23. The number of ether oxygens (including phenoxy) is 1. The van der Waals surface area contributed by atoms with Crippen LogP contribution in [0.4, 0.5) is 17.6 Å². The van der Waals surface area contributed by atoms with Crippen molar-refractivity contribution in [1.29, 1.82) is 5.26 Å². The number of nitrogens with zero attached hydrogens (tertiary/aromatic N) is 4. The van der Waals surface area contributed by atoms with Gasteiger partial charge in [0, 0.05) is 17.8 Å². The molecule has 2 aromatic heterocycles. The second-order valence-corrected chi connectivity index (χ2v) is 4.93. The summed E-state index contributed by atoms with van der Waals surface area (Å²) < 4.78 is 54.3. The Kier molecular flexibility index (Phi) is 5.00. The molecule has 0 aliphatic carbocycles. The lowest BCUT2D eigenvalue weighted by Gasteiger charge is -2.10. The van der Waals surface area contributed by atoms with E-state index in [0.717, 1.165) is 12.3 Å². The molecule has 0 radical (unpaired) electrons. The predicted octanol–water partition coefficient (Wildman–Crippen LogP) is 3.21. The van der Waals surface area contributed by atoms with Gasteiger partial charge in [-0.3, -0.25) is 0 Å². The smallest absolute Gasteiger partial charge is 0.422 e. The first-order chi connectivity index (χ1) is 10.8. The summed E-state index contributed by atoms with van der Waals surface area (Å²) in [6.45, 7) is -1.64. The fourth-order valence-electron chi connectivity index (χ4n) is 1.54. The predicted molar refractivity (Wildman–Crippen MR) is 73.3 cm³/mol. The van der Waals surface area contributed by atoms with Gasteiger partial charge in [-0.15, -0.1) is 0 Å². The Bertz CT molecular complexity index is 761. The van der Waals surface area contributed by atoms with Gasteiger partial charge < -0.3 is 4.74 Å². The molecule has 10 heteroatoms. The van der Waals surface area contributed by atoms with Crippen LogP contribution in [-0.2, 0) is 0 Å². The van der Waals surface area contributed by atoms with Gasteiger partial charge in [0.25, 0.3) is 5.88 Å². The number of thioether (sulfide) groups is 1. The molecule has 0 bridgehead atoms. The molecule has 0 aliphatic rings. The normalized spacial score (nSPS) is 11.1. The Hall–Kier alpha value is -2.41. The number of pyridine rings is 1. The third-order valence-corrected chi connectivity index (χ3v) is 3.03. The van der Waals surface area contributed by atoms with Crippen LogP contribution in [0, 0.1) is 17.1 Å². The van der Waals surface area contributed by atoms with E-state index in [9.17, 15) is 17.6 Å². The second kappa shape index (κ2) is 6.78. The van der Waals surface area contributed by atoms with E-state index >= 15 is 0 Å². The molecule has 0 atom stereocenters. The number of hydrogen-bond acceptors (Lipinski definition) is 6. The number of nitriles is 1. The number of halogens is 4. The summed E-state index contributed by atoms with van der Waals surface area (Å²) in [5.41, 5.74) is 0.503. The highest BCUT2D eigenvalue weighted by molar-refractivity contribution is 7.98. The highest BCUT2D eigenvalue weighted by atomic mass is 32.2.